The van der Waals surface area contributed by atoms with Crippen molar-refractivity contribution < 1.29 is 4.39 Å². The summed E-state index contributed by atoms with van der Waals surface area (Å²) in [7, 11) is 1.68. The summed E-state index contributed by atoms with van der Waals surface area (Å²) in [6, 6.07) is 4.54. The van der Waals surface area contributed by atoms with Gasteiger partial charge in [0.15, 0.2) is 5.82 Å². The van der Waals surface area contributed by atoms with Crippen LogP contribution in [0.1, 0.15) is 11.4 Å². The maximum absolute atomic E-state index is 13.5. The molecule has 2 rings (SSSR count). The van der Waals surface area contributed by atoms with E-state index in [9.17, 15) is 4.39 Å². The topological polar surface area (TPSA) is 56.7 Å². The fourth-order valence-electron chi connectivity index (χ4n) is 1.39. The second kappa shape index (κ2) is 4.09. The number of aromatic nitrogens is 3. The average molecular weight is 241 g/mol. The van der Waals surface area contributed by atoms with Crippen molar-refractivity contribution in [2.45, 2.75) is 6.42 Å². The van der Waals surface area contributed by atoms with Gasteiger partial charge in [0.1, 0.15) is 5.82 Å². The van der Waals surface area contributed by atoms with Gasteiger partial charge in [0.25, 0.3) is 0 Å². The normalized spacial score (nSPS) is 10.7. The molecule has 16 heavy (non-hydrogen) atoms. The molecule has 0 spiro atoms. The zero-order valence-corrected chi connectivity index (χ0v) is 9.37. The number of nitrogen functional groups attached to an aromatic ring is 1. The molecule has 0 amide bonds. The van der Waals surface area contributed by atoms with E-state index >= 15 is 0 Å². The number of hydrogen-bond acceptors (Lipinski definition) is 3. The van der Waals surface area contributed by atoms with Crippen LogP contribution in [0.25, 0.3) is 0 Å². The minimum Gasteiger partial charge on any atom is -0.368 e. The summed E-state index contributed by atoms with van der Waals surface area (Å²) in [4.78, 5) is 3.99. The first-order valence-electron chi connectivity index (χ1n) is 4.66. The lowest BCUT2D eigenvalue weighted by Gasteiger charge is -2.02. The van der Waals surface area contributed by atoms with E-state index in [2.05, 4.69) is 10.1 Å². The van der Waals surface area contributed by atoms with Crippen molar-refractivity contribution in [2.75, 3.05) is 5.73 Å². The Balaban J connectivity index is 2.33. The second-order valence-corrected chi connectivity index (χ2v) is 3.79. The van der Waals surface area contributed by atoms with Gasteiger partial charge in [-0.15, -0.1) is 0 Å². The van der Waals surface area contributed by atoms with Crippen LogP contribution in [0, 0.1) is 5.82 Å². The van der Waals surface area contributed by atoms with Crippen molar-refractivity contribution in [3.63, 3.8) is 0 Å². The van der Waals surface area contributed by atoms with Gasteiger partial charge >= 0.3 is 0 Å². The third kappa shape index (κ3) is 1.99. The number of benzene rings is 1. The number of halogens is 2. The first kappa shape index (κ1) is 10.9. The molecule has 0 aliphatic heterocycles. The molecule has 0 fully saturated rings. The Morgan fingerprint density at radius 2 is 2.25 bits per heavy atom. The Kier molecular flexibility index (Phi) is 2.78. The van der Waals surface area contributed by atoms with Gasteiger partial charge in [0.2, 0.25) is 5.95 Å². The van der Waals surface area contributed by atoms with Crippen LogP contribution >= 0.6 is 11.6 Å². The highest BCUT2D eigenvalue weighted by atomic mass is 35.5. The fraction of sp³-hybridized carbons (Fsp3) is 0.200. The van der Waals surface area contributed by atoms with Crippen molar-refractivity contribution in [1.29, 1.82) is 0 Å². The lowest BCUT2D eigenvalue weighted by Crippen LogP contribution is -1.98. The van der Waals surface area contributed by atoms with Gasteiger partial charge in [-0.05, 0) is 12.1 Å². The Bertz CT molecular complexity index is 484. The summed E-state index contributed by atoms with van der Waals surface area (Å²) in [5.74, 6) is 0.382. The Hall–Kier alpha value is -1.62. The van der Waals surface area contributed by atoms with Crippen molar-refractivity contribution in [2.24, 2.45) is 7.05 Å². The molecule has 6 heteroatoms. The minimum atomic E-state index is -0.362. The number of anilines is 1. The Morgan fingerprint density at radius 3 is 2.81 bits per heavy atom. The highest BCUT2D eigenvalue weighted by Crippen LogP contribution is 2.21. The summed E-state index contributed by atoms with van der Waals surface area (Å²) in [5.41, 5.74) is 5.92. The molecular weight excluding hydrogens is 231 g/mol. The van der Waals surface area contributed by atoms with E-state index in [0.29, 0.717) is 22.4 Å². The molecule has 84 valence electrons. The molecular formula is C10H10ClFN4. The minimum absolute atomic E-state index is 0.233. The number of nitrogens with zero attached hydrogens (tertiary/aromatic N) is 3. The van der Waals surface area contributed by atoms with Crippen LogP contribution in [0.4, 0.5) is 10.3 Å². The van der Waals surface area contributed by atoms with E-state index in [-0.39, 0.29) is 12.2 Å². The van der Waals surface area contributed by atoms with Crippen LogP contribution in [0.2, 0.25) is 5.02 Å². The maximum atomic E-state index is 13.5. The quantitative estimate of drug-likeness (QED) is 0.871. The van der Waals surface area contributed by atoms with Crippen LogP contribution in [0.3, 0.4) is 0 Å². The van der Waals surface area contributed by atoms with E-state index in [1.165, 1.54) is 10.7 Å². The smallest absolute Gasteiger partial charge is 0.218 e. The molecule has 1 heterocycles. The van der Waals surface area contributed by atoms with Crippen LogP contribution in [-0.2, 0) is 13.5 Å². The zero-order chi connectivity index (χ0) is 11.7. The van der Waals surface area contributed by atoms with Crippen LogP contribution < -0.4 is 5.73 Å². The first-order chi connectivity index (χ1) is 7.58. The highest BCUT2D eigenvalue weighted by molar-refractivity contribution is 6.31. The Labute approximate surface area is 96.9 Å². The van der Waals surface area contributed by atoms with Crippen molar-refractivity contribution in [3.05, 3.63) is 40.4 Å². The molecule has 1 aromatic carbocycles. The molecule has 0 radical (unpaired) electrons. The third-order valence-corrected chi connectivity index (χ3v) is 2.59. The van der Waals surface area contributed by atoms with Crippen molar-refractivity contribution in [1.82, 2.24) is 14.8 Å². The number of aryl methyl sites for hydroxylation is 1. The summed E-state index contributed by atoms with van der Waals surface area (Å²) >= 11 is 5.89. The van der Waals surface area contributed by atoms with Gasteiger partial charge < -0.3 is 5.73 Å². The van der Waals surface area contributed by atoms with Crippen LogP contribution in [0.5, 0.6) is 0 Å². The van der Waals surface area contributed by atoms with Crippen molar-refractivity contribution >= 4 is 17.5 Å². The molecule has 0 unspecified atom stereocenters. The fourth-order valence-corrected chi connectivity index (χ4v) is 1.62. The van der Waals surface area contributed by atoms with E-state index in [1.807, 2.05) is 0 Å². The second-order valence-electron chi connectivity index (χ2n) is 3.39. The number of nitrogens with two attached hydrogens (primary N) is 1. The molecule has 0 atom stereocenters. The van der Waals surface area contributed by atoms with E-state index in [4.69, 9.17) is 17.3 Å². The summed E-state index contributed by atoms with van der Waals surface area (Å²) in [5, 5.41) is 4.41. The molecule has 4 nitrogen and oxygen atoms in total. The van der Waals surface area contributed by atoms with Gasteiger partial charge in [-0.2, -0.15) is 10.1 Å². The predicted octanol–water partition coefficient (Wildman–Crippen LogP) is 1.78. The average Bonchev–Trinajstić information content (AvgIpc) is 2.53. The van der Waals surface area contributed by atoms with Gasteiger partial charge in [0.05, 0.1) is 0 Å². The maximum Gasteiger partial charge on any atom is 0.218 e. The predicted molar refractivity (Wildman–Crippen MR) is 59.6 cm³/mol. The van der Waals surface area contributed by atoms with E-state index in [0.717, 1.165) is 0 Å². The molecule has 0 saturated carbocycles. The highest BCUT2D eigenvalue weighted by Gasteiger charge is 2.11. The van der Waals surface area contributed by atoms with E-state index < -0.39 is 0 Å². The summed E-state index contributed by atoms with van der Waals surface area (Å²) in [6.45, 7) is 0. The van der Waals surface area contributed by atoms with E-state index in [1.54, 1.807) is 19.2 Å². The van der Waals surface area contributed by atoms with Gasteiger partial charge in [0, 0.05) is 24.1 Å². The van der Waals surface area contributed by atoms with Crippen LogP contribution in [0.15, 0.2) is 18.2 Å². The summed E-state index contributed by atoms with van der Waals surface area (Å²) < 4.78 is 14.9. The van der Waals surface area contributed by atoms with Crippen LogP contribution in [-0.4, -0.2) is 14.8 Å². The zero-order valence-electron chi connectivity index (χ0n) is 8.61. The largest absolute Gasteiger partial charge is 0.368 e. The SMILES string of the molecule is Cn1nc(Cc2c(F)cccc2Cl)nc1N. The standard InChI is InChI=1S/C10H10ClFN4/c1-16-10(13)14-9(15-16)5-6-7(11)3-2-4-8(6)12/h2-4H,5H2,1H3,(H2,13,14,15). The lowest BCUT2D eigenvalue weighted by molar-refractivity contribution is 0.611. The first-order valence-corrected chi connectivity index (χ1v) is 5.04. The number of hydrogen-bond donors (Lipinski definition) is 1. The summed E-state index contributed by atoms with van der Waals surface area (Å²) in [6.07, 6.45) is 0.233. The van der Waals surface area contributed by atoms with Gasteiger partial charge in [-0.3, -0.25) is 0 Å². The molecule has 0 saturated heterocycles. The van der Waals surface area contributed by atoms with Gasteiger partial charge in [-0.25, -0.2) is 9.07 Å². The lowest BCUT2D eigenvalue weighted by atomic mass is 10.1. The Morgan fingerprint density at radius 1 is 1.50 bits per heavy atom. The molecule has 1 aromatic heterocycles. The molecule has 0 aliphatic rings. The third-order valence-electron chi connectivity index (χ3n) is 2.24. The molecule has 0 bridgehead atoms. The molecule has 2 aromatic rings. The van der Waals surface area contributed by atoms with Crippen molar-refractivity contribution in [3.8, 4) is 0 Å². The monoisotopic (exact) mass is 240 g/mol. The van der Waals surface area contributed by atoms with Gasteiger partial charge in [-0.1, -0.05) is 17.7 Å². The molecule has 0 aliphatic carbocycles. The number of rotatable bonds is 2. The molecule has 2 N–H and O–H groups in total.